The van der Waals surface area contributed by atoms with Crippen LogP contribution >= 0.6 is 0 Å². The molecule has 7 heteroatoms. The van der Waals surface area contributed by atoms with E-state index in [0.717, 1.165) is 6.07 Å². The van der Waals surface area contributed by atoms with Gasteiger partial charge in [-0.05, 0) is 10.5 Å². The van der Waals surface area contributed by atoms with Crippen molar-refractivity contribution in [3.05, 3.63) is 29.3 Å². The van der Waals surface area contributed by atoms with E-state index in [4.69, 9.17) is 9.66 Å². The van der Waals surface area contributed by atoms with Crippen LogP contribution in [0.25, 0.3) is 0 Å². The average molecular weight is 238 g/mol. The fourth-order valence-electron chi connectivity index (χ4n) is 0.944. The molecule has 76 valence electrons. The first-order chi connectivity index (χ1) is 6.32. The average Bonchev–Trinajstić information content (AvgIpc) is 2.01. The summed E-state index contributed by atoms with van der Waals surface area (Å²) >= 11 is 0. The van der Waals surface area contributed by atoms with E-state index < -0.39 is 26.5 Å². The Morgan fingerprint density at radius 1 is 1.40 bits per heavy atom. The molecular weight excluding hydrogens is 231 g/mol. The summed E-state index contributed by atoms with van der Waals surface area (Å²) in [6.45, 7) is 1.54. The van der Waals surface area contributed by atoms with Crippen LogP contribution < -0.4 is 29.6 Å². The van der Waals surface area contributed by atoms with Gasteiger partial charge in [0.05, 0.1) is 0 Å². The van der Waals surface area contributed by atoms with Gasteiger partial charge in [-0.2, -0.15) is 32.2 Å². The van der Waals surface area contributed by atoms with Gasteiger partial charge in [0.1, 0.15) is 0 Å². The Morgan fingerprint density at radius 3 is 2.33 bits per heavy atom. The predicted molar refractivity (Wildman–Crippen MR) is 46.8 cm³/mol. The first kappa shape index (κ1) is 14.6. The van der Waals surface area contributed by atoms with Crippen LogP contribution in [-0.2, 0) is 10.1 Å². The molecule has 0 heterocycles. The van der Waals surface area contributed by atoms with Gasteiger partial charge < -0.3 is 5.11 Å². The fourth-order valence-corrected chi connectivity index (χ4v) is 1.67. The zero-order chi connectivity index (χ0) is 10.9. The standard InChI is InChI=1S/C8H7O5S.Na/c1-5-2-3-6(8(9)10)7(4-5)14(11,12)13;/h2-3H,1H3,(H,9,10)(H,11,12,13);/q-1;+1. The van der Waals surface area contributed by atoms with Gasteiger partial charge in [0.15, 0.2) is 0 Å². The van der Waals surface area contributed by atoms with Gasteiger partial charge in [-0.15, -0.1) is 0 Å². The van der Waals surface area contributed by atoms with Crippen LogP contribution in [-0.4, -0.2) is 24.0 Å². The van der Waals surface area contributed by atoms with Gasteiger partial charge in [0, 0.05) is 0 Å². The fraction of sp³-hybridized carbons (Fsp3) is 0.125. The molecule has 5 nitrogen and oxygen atoms in total. The number of aromatic carboxylic acids is 1. The maximum atomic E-state index is 10.8. The summed E-state index contributed by atoms with van der Waals surface area (Å²) in [7, 11) is -4.54. The minimum Gasteiger partial charge on any atom is -0.487 e. The number of carboxylic acid groups (broad SMARTS) is 1. The Hall–Kier alpha value is -0.400. The molecule has 0 saturated heterocycles. The zero-order valence-electron chi connectivity index (χ0n) is 8.18. The van der Waals surface area contributed by atoms with Crippen molar-refractivity contribution in [2.45, 2.75) is 11.8 Å². The molecule has 0 aliphatic carbocycles. The summed E-state index contributed by atoms with van der Waals surface area (Å²) in [5, 5.41) is 8.62. The van der Waals surface area contributed by atoms with Crippen molar-refractivity contribution in [2.75, 3.05) is 0 Å². The summed E-state index contributed by atoms with van der Waals surface area (Å²) < 4.78 is 30.3. The maximum Gasteiger partial charge on any atom is 1.00 e. The zero-order valence-corrected chi connectivity index (χ0v) is 11.0. The third-order valence-corrected chi connectivity index (χ3v) is 2.38. The molecule has 2 N–H and O–H groups in total. The van der Waals surface area contributed by atoms with Crippen LogP contribution in [0.4, 0.5) is 0 Å². The molecule has 0 unspecified atom stereocenters. The number of carboxylic acids is 1. The second-order valence-corrected chi connectivity index (χ2v) is 4.02. The largest absolute Gasteiger partial charge is 1.00 e. The Balaban J connectivity index is 0.00000196. The summed E-state index contributed by atoms with van der Waals surface area (Å²) in [4.78, 5) is 9.88. The van der Waals surface area contributed by atoms with Crippen molar-refractivity contribution in [1.82, 2.24) is 0 Å². The van der Waals surface area contributed by atoms with Crippen molar-refractivity contribution in [2.24, 2.45) is 0 Å². The van der Waals surface area contributed by atoms with E-state index in [1.807, 2.05) is 0 Å². The summed E-state index contributed by atoms with van der Waals surface area (Å²) in [6, 6.07) is 4.79. The summed E-state index contributed by atoms with van der Waals surface area (Å²) in [5.74, 6) is -1.42. The molecule has 0 aliphatic heterocycles. The second kappa shape index (κ2) is 5.09. The molecule has 15 heavy (non-hydrogen) atoms. The molecule has 0 fully saturated rings. The monoisotopic (exact) mass is 238 g/mol. The second-order valence-electron chi connectivity index (χ2n) is 2.66. The SMILES string of the molecule is Cc1[c-]c(S(=O)(=O)O)c(C(=O)O)cc1.[Na+]. The normalized spacial score (nSPS) is 10.5. The van der Waals surface area contributed by atoms with Crippen LogP contribution in [0.2, 0.25) is 0 Å². The third-order valence-electron chi connectivity index (χ3n) is 1.54. The predicted octanol–water partition coefficient (Wildman–Crippen LogP) is -2.26. The minimum atomic E-state index is -4.54. The molecule has 1 aromatic carbocycles. The van der Waals surface area contributed by atoms with Crippen LogP contribution in [0.15, 0.2) is 17.0 Å². The van der Waals surface area contributed by atoms with E-state index in [0.29, 0.717) is 5.56 Å². The number of hydrogen-bond acceptors (Lipinski definition) is 3. The number of rotatable bonds is 2. The van der Waals surface area contributed by atoms with Crippen molar-refractivity contribution in [1.29, 1.82) is 0 Å². The van der Waals surface area contributed by atoms with E-state index >= 15 is 0 Å². The Labute approximate surface area is 109 Å². The molecule has 0 spiro atoms. The number of carbonyl (C=O) groups is 1. The Bertz CT molecular complexity index is 480. The van der Waals surface area contributed by atoms with E-state index in [1.165, 1.54) is 6.07 Å². The molecule has 0 saturated carbocycles. The van der Waals surface area contributed by atoms with Crippen LogP contribution in [0.3, 0.4) is 0 Å². The van der Waals surface area contributed by atoms with Crippen molar-refractivity contribution in [3.8, 4) is 0 Å². The number of hydrogen-bond donors (Lipinski definition) is 2. The molecule has 0 aromatic heterocycles. The smallest absolute Gasteiger partial charge is 0.487 e. The summed E-state index contributed by atoms with van der Waals surface area (Å²) in [6.07, 6.45) is 0. The first-order valence-corrected chi connectivity index (χ1v) is 5.00. The quantitative estimate of drug-likeness (QED) is 0.345. The third kappa shape index (κ3) is 3.58. The van der Waals surface area contributed by atoms with Gasteiger partial charge in [0.25, 0.3) is 16.1 Å². The Morgan fingerprint density at radius 2 is 1.93 bits per heavy atom. The van der Waals surface area contributed by atoms with E-state index in [-0.39, 0.29) is 29.6 Å². The van der Waals surface area contributed by atoms with E-state index in [2.05, 4.69) is 6.07 Å². The van der Waals surface area contributed by atoms with Crippen molar-refractivity contribution < 1.29 is 52.4 Å². The van der Waals surface area contributed by atoms with E-state index in [1.54, 1.807) is 6.92 Å². The van der Waals surface area contributed by atoms with Crippen LogP contribution in [0.5, 0.6) is 0 Å². The molecular formula is C8H7NaO5S. The first-order valence-electron chi connectivity index (χ1n) is 3.56. The van der Waals surface area contributed by atoms with Crippen LogP contribution in [0, 0.1) is 13.0 Å². The molecule has 0 aliphatic rings. The van der Waals surface area contributed by atoms with Gasteiger partial charge in [-0.25, -0.2) is 0 Å². The van der Waals surface area contributed by atoms with Crippen LogP contribution in [0.1, 0.15) is 15.9 Å². The molecule has 1 rings (SSSR count). The van der Waals surface area contributed by atoms with Crippen molar-refractivity contribution >= 4 is 16.1 Å². The Kier molecular flexibility index (Phi) is 4.95. The number of aryl methyl sites for hydroxylation is 1. The molecule has 0 atom stereocenters. The number of benzene rings is 1. The molecule has 1 aromatic rings. The van der Waals surface area contributed by atoms with Gasteiger partial charge >= 0.3 is 29.6 Å². The van der Waals surface area contributed by atoms with Gasteiger partial charge in [0.2, 0.25) is 0 Å². The van der Waals surface area contributed by atoms with E-state index in [9.17, 15) is 13.2 Å². The van der Waals surface area contributed by atoms with Crippen molar-refractivity contribution in [3.63, 3.8) is 0 Å². The molecule has 0 amide bonds. The molecule has 0 radical (unpaired) electrons. The van der Waals surface area contributed by atoms with Gasteiger partial charge in [-0.3, -0.25) is 9.35 Å². The summed E-state index contributed by atoms with van der Waals surface area (Å²) in [5.41, 5.74) is -0.0549. The molecule has 0 bridgehead atoms. The maximum absolute atomic E-state index is 10.8. The van der Waals surface area contributed by atoms with Gasteiger partial charge in [-0.1, -0.05) is 6.92 Å². The minimum absolute atomic E-state index is 0. The topological polar surface area (TPSA) is 91.7 Å².